The van der Waals surface area contributed by atoms with Crippen molar-refractivity contribution in [3.63, 3.8) is 0 Å². The van der Waals surface area contributed by atoms with Gasteiger partial charge in [-0.2, -0.15) is 0 Å². The van der Waals surface area contributed by atoms with Crippen LogP contribution < -0.4 is 10.6 Å². The van der Waals surface area contributed by atoms with Crippen LogP contribution >= 0.6 is 0 Å². The van der Waals surface area contributed by atoms with Gasteiger partial charge in [-0.25, -0.2) is 9.07 Å². The highest BCUT2D eigenvalue weighted by molar-refractivity contribution is 5.90. The van der Waals surface area contributed by atoms with Crippen LogP contribution in [0.2, 0.25) is 0 Å². The first-order valence-electron chi connectivity index (χ1n) is 12.7. The molecule has 3 N–H and O–H groups in total. The fourth-order valence-corrected chi connectivity index (χ4v) is 4.68. The van der Waals surface area contributed by atoms with Crippen molar-refractivity contribution in [2.45, 2.75) is 70.6 Å². The van der Waals surface area contributed by atoms with E-state index in [1.54, 1.807) is 16.8 Å². The Morgan fingerprint density at radius 3 is 2.46 bits per heavy atom. The van der Waals surface area contributed by atoms with Crippen molar-refractivity contribution in [1.29, 1.82) is 0 Å². The van der Waals surface area contributed by atoms with Crippen molar-refractivity contribution in [2.24, 2.45) is 5.41 Å². The summed E-state index contributed by atoms with van der Waals surface area (Å²) in [5.41, 5.74) is 1.05. The van der Waals surface area contributed by atoms with Gasteiger partial charge in [-0.15, -0.1) is 5.10 Å². The highest BCUT2D eigenvalue weighted by Gasteiger charge is 2.45. The molecule has 1 saturated heterocycles. The third-order valence-corrected chi connectivity index (χ3v) is 6.73. The molecule has 2 unspecified atom stereocenters. The Kier molecular flexibility index (Phi) is 7.91. The number of amides is 3. The zero-order valence-corrected chi connectivity index (χ0v) is 21.5. The number of aromatic nitrogens is 3. The van der Waals surface area contributed by atoms with E-state index in [4.69, 9.17) is 0 Å². The summed E-state index contributed by atoms with van der Waals surface area (Å²) in [6.45, 7) is 6.22. The Balaban J connectivity index is 1.33. The number of β-amino-alcohol motifs (C(OH)–C–C–N with tert-alkyl or cyclic N) is 1. The molecule has 3 amide bonds. The molecule has 200 valence electrons. The number of likely N-dealkylation sites (tertiary alicyclic amines) is 1. The van der Waals surface area contributed by atoms with E-state index in [2.05, 4.69) is 20.9 Å². The molecule has 1 saturated carbocycles. The lowest BCUT2D eigenvalue weighted by Crippen LogP contribution is -2.51. The maximum atomic E-state index is 13.7. The number of aliphatic hydroxyl groups is 1. The van der Waals surface area contributed by atoms with E-state index >= 15 is 0 Å². The first-order valence-corrected chi connectivity index (χ1v) is 12.7. The second-order valence-corrected chi connectivity index (χ2v) is 11.0. The van der Waals surface area contributed by atoms with E-state index in [1.807, 2.05) is 27.0 Å². The highest BCUT2D eigenvalue weighted by atomic mass is 19.1. The second-order valence-electron chi connectivity index (χ2n) is 11.0. The van der Waals surface area contributed by atoms with E-state index in [0.29, 0.717) is 11.5 Å². The van der Waals surface area contributed by atoms with Gasteiger partial charge in [-0.05, 0) is 36.0 Å². The van der Waals surface area contributed by atoms with Gasteiger partial charge in [0, 0.05) is 38.2 Å². The first kappa shape index (κ1) is 26.7. The van der Waals surface area contributed by atoms with Crippen molar-refractivity contribution < 1.29 is 23.9 Å². The Morgan fingerprint density at radius 1 is 1.14 bits per heavy atom. The summed E-state index contributed by atoms with van der Waals surface area (Å²) in [5.74, 6) is -0.894. The predicted octanol–water partition coefficient (Wildman–Crippen LogP) is 1.32. The number of aliphatic hydroxyl groups excluding tert-OH is 1. The monoisotopic (exact) mass is 514 g/mol. The van der Waals surface area contributed by atoms with E-state index in [0.717, 1.165) is 18.5 Å². The number of benzene rings is 1. The van der Waals surface area contributed by atoms with Gasteiger partial charge in [0.05, 0.1) is 18.2 Å². The van der Waals surface area contributed by atoms with Gasteiger partial charge in [0.2, 0.25) is 17.7 Å². The lowest BCUT2D eigenvalue weighted by Gasteiger charge is -2.34. The Bertz CT molecular complexity index is 1120. The van der Waals surface area contributed by atoms with Gasteiger partial charge >= 0.3 is 0 Å². The Hall–Kier alpha value is -3.34. The maximum Gasteiger partial charge on any atom is 0.248 e. The number of nitrogens with zero attached hydrogens (tertiary/aromatic N) is 4. The van der Waals surface area contributed by atoms with Crippen molar-refractivity contribution in [3.8, 4) is 0 Å². The smallest absolute Gasteiger partial charge is 0.248 e. The summed E-state index contributed by atoms with van der Waals surface area (Å²) in [4.78, 5) is 40.3. The molecule has 4 rings (SSSR count). The van der Waals surface area contributed by atoms with Crippen molar-refractivity contribution in [1.82, 2.24) is 30.5 Å². The largest absolute Gasteiger partial charge is 0.391 e. The molecular formula is C26H35FN6O4. The van der Waals surface area contributed by atoms with Crippen LogP contribution in [-0.2, 0) is 20.8 Å². The summed E-state index contributed by atoms with van der Waals surface area (Å²) >= 11 is 0. The summed E-state index contributed by atoms with van der Waals surface area (Å²) in [7, 11) is 0. The van der Waals surface area contributed by atoms with Gasteiger partial charge in [-0.3, -0.25) is 14.4 Å². The van der Waals surface area contributed by atoms with Crippen LogP contribution in [0.1, 0.15) is 63.3 Å². The molecule has 2 aliphatic rings. The molecule has 2 heterocycles. The van der Waals surface area contributed by atoms with E-state index in [9.17, 15) is 23.9 Å². The molecule has 3 atom stereocenters. The minimum Gasteiger partial charge on any atom is -0.391 e. The predicted molar refractivity (Wildman–Crippen MR) is 133 cm³/mol. The minimum absolute atomic E-state index is 0.0576. The quantitative estimate of drug-likeness (QED) is 0.433. The average Bonchev–Trinajstić information content (AvgIpc) is 3.44. The van der Waals surface area contributed by atoms with Crippen LogP contribution in [0.4, 0.5) is 4.39 Å². The van der Waals surface area contributed by atoms with E-state index < -0.39 is 23.6 Å². The van der Waals surface area contributed by atoms with Crippen LogP contribution in [0.3, 0.4) is 0 Å². The van der Waals surface area contributed by atoms with Gasteiger partial charge in [0.15, 0.2) is 0 Å². The zero-order chi connectivity index (χ0) is 26.7. The number of nitrogens with one attached hydrogen (secondary N) is 2. The molecule has 0 spiro atoms. The van der Waals surface area contributed by atoms with Crippen molar-refractivity contribution in [3.05, 3.63) is 47.5 Å². The van der Waals surface area contributed by atoms with Crippen molar-refractivity contribution >= 4 is 17.7 Å². The normalized spacial score (nSPS) is 20.5. The third kappa shape index (κ3) is 6.71. The number of rotatable bonds is 9. The van der Waals surface area contributed by atoms with Crippen molar-refractivity contribution in [2.75, 3.05) is 19.6 Å². The first-order chi connectivity index (χ1) is 17.5. The zero-order valence-electron chi connectivity index (χ0n) is 21.5. The lowest BCUT2D eigenvalue weighted by molar-refractivity contribution is -0.144. The topological polar surface area (TPSA) is 129 Å². The molecule has 2 aromatic rings. The molecular weight excluding hydrogens is 479 g/mol. The number of hydrogen-bond acceptors (Lipinski definition) is 6. The number of carbonyl (C=O) groups is 3. The summed E-state index contributed by atoms with van der Waals surface area (Å²) < 4.78 is 14.6. The fraction of sp³-hybridized carbons (Fsp3) is 0.577. The van der Waals surface area contributed by atoms with Gasteiger partial charge in [0.1, 0.15) is 17.9 Å². The average molecular weight is 515 g/mol. The van der Waals surface area contributed by atoms with E-state index in [1.165, 1.54) is 17.0 Å². The third-order valence-electron chi connectivity index (χ3n) is 6.73. The Morgan fingerprint density at radius 2 is 1.81 bits per heavy atom. The molecule has 0 bridgehead atoms. The molecule has 1 aromatic heterocycles. The number of halogens is 1. The molecule has 10 nitrogen and oxygen atoms in total. The van der Waals surface area contributed by atoms with Gasteiger partial charge in [0.25, 0.3) is 0 Å². The molecule has 1 aliphatic carbocycles. The standard InChI is InChI=1S/C26H35FN6O4/c1-26(2,3)23(33-15-20(30-31-33)17-6-7-17)25(37)32-14-19(34)13-21(32)24(36)29-11-10-28-22(35)12-16-4-8-18(27)9-5-16/h4-5,8-9,15,17,19,21,23,34H,6-7,10-14H2,1-3H3,(H,28,35)(H,29,36)/t19?,21?,23-/m1/s1. The summed E-state index contributed by atoms with van der Waals surface area (Å²) in [6.07, 6.45) is 3.39. The molecule has 0 radical (unpaired) electrons. The molecule has 1 aromatic carbocycles. The number of hydrogen-bond donors (Lipinski definition) is 3. The highest BCUT2D eigenvalue weighted by Crippen LogP contribution is 2.40. The van der Waals surface area contributed by atoms with Crippen LogP contribution in [0.5, 0.6) is 0 Å². The van der Waals surface area contributed by atoms with Crippen LogP contribution in [-0.4, -0.2) is 74.5 Å². The molecule has 37 heavy (non-hydrogen) atoms. The summed E-state index contributed by atoms with van der Waals surface area (Å²) in [6, 6.07) is 4.18. The second kappa shape index (κ2) is 11.0. The van der Waals surface area contributed by atoms with E-state index in [-0.39, 0.29) is 56.0 Å². The minimum atomic E-state index is -0.825. The molecule has 1 aliphatic heterocycles. The summed E-state index contributed by atoms with van der Waals surface area (Å²) in [5, 5.41) is 24.3. The molecule has 11 heteroatoms. The maximum absolute atomic E-state index is 13.7. The Labute approximate surface area is 215 Å². The van der Waals surface area contributed by atoms with Crippen LogP contribution in [0.25, 0.3) is 0 Å². The van der Waals surface area contributed by atoms with Crippen LogP contribution in [0, 0.1) is 11.2 Å². The lowest BCUT2D eigenvalue weighted by atomic mass is 9.85. The molecule has 2 fully saturated rings. The van der Waals surface area contributed by atoms with Gasteiger partial charge < -0.3 is 20.6 Å². The number of carbonyl (C=O) groups excluding carboxylic acids is 3. The SMILES string of the molecule is CC(C)(C)[C@@H](C(=O)N1CC(O)CC1C(=O)NCCNC(=O)Cc1ccc(F)cc1)n1cc(C2CC2)nn1. The van der Waals surface area contributed by atoms with Crippen LogP contribution in [0.15, 0.2) is 30.5 Å². The fourth-order valence-electron chi connectivity index (χ4n) is 4.68. The van der Waals surface area contributed by atoms with Gasteiger partial charge in [-0.1, -0.05) is 38.1 Å².